The Morgan fingerprint density at radius 1 is 1.26 bits per heavy atom. The molecule has 4 unspecified atom stereocenters. The van der Waals surface area contributed by atoms with Crippen molar-refractivity contribution in [2.24, 2.45) is 10.8 Å². The quantitative estimate of drug-likeness (QED) is 0.709. The standard InChI is InChI=1S/C15H26O4/c1-10(16)15-9-14(19,12(2,3)18)8-7-13(15,4)6-5-11(15)17/h11,17-19H,5-9H2,1-4H3. The molecular weight excluding hydrogens is 244 g/mol. The van der Waals surface area contributed by atoms with E-state index in [0.717, 1.165) is 6.42 Å². The van der Waals surface area contributed by atoms with Crippen LogP contribution >= 0.6 is 0 Å². The molecule has 0 aromatic carbocycles. The highest BCUT2D eigenvalue weighted by atomic mass is 16.4. The highest BCUT2D eigenvalue weighted by Gasteiger charge is 2.67. The zero-order chi connectivity index (χ0) is 14.7. The van der Waals surface area contributed by atoms with Crippen LogP contribution in [0, 0.1) is 10.8 Å². The van der Waals surface area contributed by atoms with Crippen molar-refractivity contribution in [3.8, 4) is 0 Å². The van der Waals surface area contributed by atoms with E-state index in [4.69, 9.17) is 0 Å². The number of carbonyl (C=O) groups excluding carboxylic acids is 1. The van der Waals surface area contributed by atoms with Crippen molar-refractivity contribution in [2.75, 3.05) is 0 Å². The van der Waals surface area contributed by atoms with Crippen molar-refractivity contribution >= 4 is 5.78 Å². The SMILES string of the molecule is CC(=O)C12CC(O)(C(C)(C)O)CCC1(C)CCC2O. The lowest BCUT2D eigenvalue weighted by Gasteiger charge is -2.56. The Labute approximate surface area is 114 Å². The van der Waals surface area contributed by atoms with Gasteiger partial charge in [0.15, 0.2) is 0 Å². The Morgan fingerprint density at radius 3 is 2.32 bits per heavy atom. The molecule has 0 amide bonds. The normalized spacial score (nSPS) is 47.0. The largest absolute Gasteiger partial charge is 0.392 e. The van der Waals surface area contributed by atoms with Crippen LogP contribution in [0.25, 0.3) is 0 Å². The van der Waals surface area contributed by atoms with Gasteiger partial charge in [0.2, 0.25) is 0 Å². The van der Waals surface area contributed by atoms with Crippen LogP contribution < -0.4 is 0 Å². The van der Waals surface area contributed by atoms with Gasteiger partial charge in [-0.15, -0.1) is 0 Å². The summed E-state index contributed by atoms with van der Waals surface area (Å²) in [7, 11) is 0. The van der Waals surface area contributed by atoms with Crippen LogP contribution in [0.2, 0.25) is 0 Å². The monoisotopic (exact) mass is 270 g/mol. The topological polar surface area (TPSA) is 77.8 Å². The summed E-state index contributed by atoms with van der Waals surface area (Å²) in [5.41, 5.74) is -3.78. The molecule has 2 saturated carbocycles. The minimum absolute atomic E-state index is 0.0672. The van der Waals surface area contributed by atoms with E-state index < -0.39 is 22.7 Å². The first-order valence-corrected chi connectivity index (χ1v) is 7.12. The molecule has 2 rings (SSSR count). The maximum absolute atomic E-state index is 12.3. The molecule has 2 aliphatic carbocycles. The molecule has 2 aliphatic rings. The molecule has 0 spiro atoms. The van der Waals surface area contributed by atoms with Crippen molar-refractivity contribution in [1.82, 2.24) is 0 Å². The molecule has 0 saturated heterocycles. The first kappa shape index (κ1) is 14.9. The van der Waals surface area contributed by atoms with Gasteiger partial charge in [-0.2, -0.15) is 0 Å². The van der Waals surface area contributed by atoms with Gasteiger partial charge in [0.1, 0.15) is 5.78 Å². The number of aliphatic hydroxyl groups excluding tert-OH is 1. The van der Waals surface area contributed by atoms with Crippen molar-refractivity contribution in [2.45, 2.75) is 77.1 Å². The van der Waals surface area contributed by atoms with E-state index in [1.54, 1.807) is 13.8 Å². The third-order valence-electron chi connectivity index (χ3n) is 6.04. The van der Waals surface area contributed by atoms with Crippen LogP contribution in [0.5, 0.6) is 0 Å². The first-order valence-electron chi connectivity index (χ1n) is 7.12. The molecule has 0 bridgehead atoms. The van der Waals surface area contributed by atoms with Gasteiger partial charge in [-0.25, -0.2) is 0 Å². The van der Waals surface area contributed by atoms with Crippen molar-refractivity contribution in [3.05, 3.63) is 0 Å². The van der Waals surface area contributed by atoms with E-state index in [9.17, 15) is 20.1 Å². The molecule has 2 fully saturated rings. The average molecular weight is 270 g/mol. The fourth-order valence-electron chi connectivity index (χ4n) is 4.34. The van der Waals surface area contributed by atoms with E-state index in [1.165, 1.54) is 6.92 Å². The maximum Gasteiger partial charge on any atom is 0.139 e. The number of fused-ring (bicyclic) bond motifs is 1. The minimum Gasteiger partial charge on any atom is -0.392 e. The summed E-state index contributed by atoms with van der Waals surface area (Å²) >= 11 is 0. The second-order valence-corrected chi connectivity index (χ2v) is 7.41. The zero-order valence-electron chi connectivity index (χ0n) is 12.4. The van der Waals surface area contributed by atoms with Gasteiger partial charge in [-0.05, 0) is 58.3 Å². The van der Waals surface area contributed by atoms with E-state index in [1.807, 2.05) is 6.92 Å². The number of carbonyl (C=O) groups is 1. The summed E-state index contributed by atoms with van der Waals surface area (Å²) in [5.74, 6) is -0.0672. The summed E-state index contributed by atoms with van der Waals surface area (Å²) < 4.78 is 0. The van der Waals surface area contributed by atoms with Gasteiger partial charge in [-0.3, -0.25) is 4.79 Å². The Kier molecular flexibility index (Phi) is 3.17. The lowest BCUT2D eigenvalue weighted by Crippen LogP contribution is -2.63. The van der Waals surface area contributed by atoms with Crippen LogP contribution in [0.3, 0.4) is 0 Å². The summed E-state index contributed by atoms with van der Waals surface area (Å²) in [6.07, 6.45) is 1.95. The molecular formula is C15H26O4. The van der Waals surface area contributed by atoms with Crippen LogP contribution in [0.1, 0.15) is 59.8 Å². The van der Waals surface area contributed by atoms with Crippen LogP contribution in [0.15, 0.2) is 0 Å². The zero-order valence-corrected chi connectivity index (χ0v) is 12.4. The molecule has 4 heteroatoms. The summed E-state index contributed by atoms with van der Waals surface area (Å²) in [4.78, 5) is 12.3. The molecule has 4 nitrogen and oxygen atoms in total. The Morgan fingerprint density at radius 2 is 1.84 bits per heavy atom. The van der Waals surface area contributed by atoms with E-state index in [2.05, 4.69) is 0 Å². The van der Waals surface area contributed by atoms with Gasteiger partial charge >= 0.3 is 0 Å². The predicted octanol–water partition coefficient (Wildman–Crippen LogP) is 1.41. The molecule has 4 atom stereocenters. The molecule has 0 heterocycles. The number of hydrogen-bond acceptors (Lipinski definition) is 4. The summed E-state index contributed by atoms with van der Waals surface area (Å²) in [5, 5.41) is 31.4. The van der Waals surface area contributed by atoms with Crippen LogP contribution in [-0.4, -0.2) is 38.4 Å². The smallest absolute Gasteiger partial charge is 0.139 e. The lowest BCUT2D eigenvalue weighted by atomic mass is 9.51. The fraction of sp³-hybridized carbons (Fsp3) is 0.933. The minimum atomic E-state index is -1.32. The van der Waals surface area contributed by atoms with Crippen molar-refractivity contribution in [1.29, 1.82) is 0 Å². The van der Waals surface area contributed by atoms with Gasteiger partial charge in [0.25, 0.3) is 0 Å². The van der Waals surface area contributed by atoms with Gasteiger partial charge in [-0.1, -0.05) is 6.92 Å². The number of Topliss-reactive ketones (excluding diaryl/α,β-unsaturated/α-hetero) is 1. The average Bonchev–Trinajstić information content (AvgIpc) is 2.52. The van der Waals surface area contributed by atoms with Gasteiger partial charge < -0.3 is 15.3 Å². The molecule has 0 aromatic heterocycles. The van der Waals surface area contributed by atoms with E-state index in [-0.39, 0.29) is 17.6 Å². The van der Waals surface area contributed by atoms with Crippen LogP contribution in [0.4, 0.5) is 0 Å². The molecule has 0 aromatic rings. The number of ketones is 1. The highest BCUT2D eigenvalue weighted by Crippen LogP contribution is 2.64. The molecule has 0 radical (unpaired) electrons. The fourth-order valence-corrected chi connectivity index (χ4v) is 4.34. The number of aliphatic hydroxyl groups is 3. The molecule has 19 heavy (non-hydrogen) atoms. The third-order valence-corrected chi connectivity index (χ3v) is 6.04. The van der Waals surface area contributed by atoms with Crippen LogP contribution in [-0.2, 0) is 4.79 Å². The second kappa shape index (κ2) is 4.03. The van der Waals surface area contributed by atoms with E-state index in [0.29, 0.717) is 19.3 Å². The Balaban J connectivity index is 2.49. The highest BCUT2D eigenvalue weighted by molar-refractivity contribution is 5.85. The maximum atomic E-state index is 12.3. The lowest BCUT2D eigenvalue weighted by molar-refractivity contribution is -0.207. The van der Waals surface area contributed by atoms with E-state index >= 15 is 0 Å². The van der Waals surface area contributed by atoms with Crippen molar-refractivity contribution < 1.29 is 20.1 Å². The van der Waals surface area contributed by atoms with Gasteiger partial charge in [0, 0.05) is 0 Å². The summed E-state index contributed by atoms with van der Waals surface area (Å²) in [6.45, 7) is 6.69. The molecule has 110 valence electrons. The van der Waals surface area contributed by atoms with Gasteiger partial charge in [0.05, 0.1) is 22.7 Å². The Hall–Kier alpha value is -0.450. The second-order valence-electron chi connectivity index (χ2n) is 7.41. The third kappa shape index (κ3) is 1.80. The number of rotatable bonds is 2. The number of hydrogen-bond donors (Lipinski definition) is 3. The Bertz CT molecular complexity index is 399. The molecule has 0 aliphatic heterocycles. The predicted molar refractivity (Wildman–Crippen MR) is 71.6 cm³/mol. The summed E-state index contributed by atoms with van der Waals surface area (Å²) in [6, 6.07) is 0. The first-order chi connectivity index (χ1) is 8.49. The molecule has 3 N–H and O–H groups in total. The van der Waals surface area contributed by atoms with Crippen molar-refractivity contribution in [3.63, 3.8) is 0 Å².